The first kappa shape index (κ1) is 15.3. The molecule has 0 radical (unpaired) electrons. The molecule has 0 bridgehead atoms. The van der Waals surface area contributed by atoms with E-state index in [2.05, 4.69) is 4.98 Å². The van der Waals surface area contributed by atoms with Crippen LogP contribution in [-0.4, -0.2) is 18.1 Å². The summed E-state index contributed by atoms with van der Waals surface area (Å²) in [6.07, 6.45) is 3.42. The quantitative estimate of drug-likeness (QED) is 0.888. The Morgan fingerprint density at radius 3 is 2.76 bits per heavy atom. The summed E-state index contributed by atoms with van der Waals surface area (Å²) in [5, 5.41) is 0. The maximum Gasteiger partial charge on any atom is 0.141 e. The van der Waals surface area contributed by atoms with Gasteiger partial charge in [0.05, 0.1) is 13.3 Å². The fourth-order valence-corrected chi connectivity index (χ4v) is 2.03. The fourth-order valence-electron chi connectivity index (χ4n) is 2.03. The molecule has 1 aromatic heterocycles. The molecule has 0 fully saturated rings. The predicted molar refractivity (Wildman–Crippen MR) is 78.9 cm³/mol. The summed E-state index contributed by atoms with van der Waals surface area (Å²) in [5.74, 6) is 1.10. The third-order valence-electron chi connectivity index (χ3n) is 2.97. The second-order valence-electron chi connectivity index (χ2n) is 4.96. The van der Waals surface area contributed by atoms with Crippen LogP contribution in [0.25, 0.3) is 0 Å². The molecule has 112 valence electrons. The minimum atomic E-state index is -0.373. The van der Waals surface area contributed by atoms with E-state index < -0.39 is 0 Å². The van der Waals surface area contributed by atoms with E-state index in [0.717, 1.165) is 17.1 Å². The summed E-state index contributed by atoms with van der Waals surface area (Å²) in [4.78, 5) is 3.80. The van der Waals surface area contributed by atoms with E-state index in [4.69, 9.17) is 15.2 Å². The van der Waals surface area contributed by atoms with E-state index in [1.807, 2.05) is 25.1 Å². The van der Waals surface area contributed by atoms with E-state index in [0.29, 0.717) is 12.0 Å². The lowest BCUT2D eigenvalue weighted by Crippen LogP contribution is -2.18. The van der Waals surface area contributed by atoms with Crippen molar-refractivity contribution in [3.05, 3.63) is 53.6 Å². The Morgan fingerprint density at radius 1 is 1.29 bits per heavy atom. The molecule has 21 heavy (non-hydrogen) atoms. The summed E-state index contributed by atoms with van der Waals surface area (Å²) in [6, 6.07) is 6.98. The van der Waals surface area contributed by atoms with Gasteiger partial charge in [-0.05, 0) is 43.2 Å². The monoisotopic (exact) mass is 290 g/mol. The molecule has 2 rings (SSSR count). The molecule has 1 heterocycles. The summed E-state index contributed by atoms with van der Waals surface area (Å²) in [6.45, 7) is 2.18. The second kappa shape index (κ2) is 7.04. The maximum absolute atomic E-state index is 13.1. The number of hydrogen-bond acceptors (Lipinski definition) is 4. The molecular formula is C16H19FN2O2. The van der Waals surface area contributed by atoms with Crippen molar-refractivity contribution in [2.75, 3.05) is 7.11 Å². The molecule has 1 unspecified atom stereocenters. The molecule has 4 nitrogen and oxygen atoms in total. The first-order chi connectivity index (χ1) is 10.1. The molecule has 0 spiro atoms. The Bertz CT molecular complexity index is 603. The van der Waals surface area contributed by atoms with Crippen molar-refractivity contribution in [2.24, 2.45) is 5.73 Å². The maximum atomic E-state index is 13.1. The van der Waals surface area contributed by atoms with Gasteiger partial charge in [-0.2, -0.15) is 0 Å². The number of methoxy groups -OCH3 is 1. The lowest BCUT2D eigenvalue weighted by molar-refractivity contribution is 0.300. The molecule has 0 aliphatic heterocycles. The van der Waals surface area contributed by atoms with Crippen LogP contribution in [0.5, 0.6) is 11.5 Å². The van der Waals surface area contributed by atoms with E-state index in [-0.39, 0.29) is 18.5 Å². The molecule has 0 aliphatic rings. The lowest BCUT2D eigenvalue weighted by atomic mass is 10.1. The average molecular weight is 290 g/mol. The zero-order valence-electron chi connectivity index (χ0n) is 12.2. The fraction of sp³-hybridized carbons (Fsp3) is 0.312. The first-order valence-corrected chi connectivity index (χ1v) is 6.73. The van der Waals surface area contributed by atoms with Crippen LogP contribution < -0.4 is 15.2 Å². The zero-order chi connectivity index (χ0) is 15.2. The van der Waals surface area contributed by atoms with Crippen molar-refractivity contribution >= 4 is 0 Å². The van der Waals surface area contributed by atoms with Crippen molar-refractivity contribution in [3.8, 4) is 11.5 Å². The van der Waals surface area contributed by atoms with Gasteiger partial charge in [-0.15, -0.1) is 0 Å². The molecule has 0 saturated carbocycles. The Morgan fingerprint density at radius 2 is 2.10 bits per heavy atom. The van der Waals surface area contributed by atoms with Gasteiger partial charge in [-0.3, -0.25) is 4.98 Å². The van der Waals surface area contributed by atoms with Gasteiger partial charge in [0.2, 0.25) is 0 Å². The van der Waals surface area contributed by atoms with Crippen molar-refractivity contribution in [1.29, 1.82) is 0 Å². The molecule has 0 amide bonds. The number of benzene rings is 1. The van der Waals surface area contributed by atoms with Crippen LogP contribution in [0.1, 0.15) is 18.1 Å². The highest BCUT2D eigenvalue weighted by atomic mass is 19.1. The van der Waals surface area contributed by atoms with Gasteiger partial charge in [0.25, 0.3) is 0 Å². The standard InChI is InChI=1S/C16H19FN2O2/c1-11(18)5-13-7-15(20-2)3-4-16(13)21-10-12-6-14(17)9-19-8-12/h3-4,6-9,11H,5,10,18H2,1-2H3. The highest BCUT2D eigenvalue weighted by Gasteiger charge is 2.09. The van der Waals surface area contributed by atoms with Crippen molar-refractivity contribution in [1.82, 2.24) is 4.98 Å². The van der Waals surface area contributed by atoms with Gasteiger partial charge in [-0.25, -0.2) is 4.39 Å². The Labute approximate surface area is 123 Å². The predicted octanol–water partition coefficient (Wildman–Crippen LogP) is 2.70. The number of nitrogens with zero attached hydrogens (tertiary/aromatic N) is 1. The van der Waals surface area contributed by atoms with Crippen LogP contribution in [0.3, 0.4) is 0 Å². The molecule has 5 heteroatoms. The zero-order valence-corrected chi connectivity index (χ0v) is 12.2. The highest BCUT2D eigenvalue weighted by Crippen LogP contribution is 2.26. The van der Waals surface area contributed by atoms with Crippen LogP contribution >= 0.6 is 0 Å². The topological polar surface area (TPSA) is 57.4 Å². The van der Waals surface area contributed by atoms with Crippen LogP contribution in [-0.2, 0) is 13.0 Å². The van der Waals surface area contributed by atoms with Gasteiger partial charge >= 0.3 is 0 Å². The van der Waals surface area contributed by atoms with Gasteiger partial charge in [0, 0.05) is 17.8 Å². The number of rotatable bonds is 6. The van der Waals surface area contributed by atoms with E-state index in [9.17, 15) is 4.39 Å². The number of pyridine rings is 1. The largest absolute Gasteiger partial charge is 0.497 e. The van der Waals surface area contributed by atoms with E-state index in [1.54, 1.807) is 13.3 Å². The van der Waals surface area contributed by atoms with Gasteiger partial charge in [-0.1, -0.05) is 0 Å². The average Bonchev–Trinajstić information content (AvgIpc) is 2.45. The van der Waals surface area contributed by atoms with Gasteiger partial charge in [0.15, 0.2) is 0 Å². The Balaban J connectivity index is 2.14. The lowest BCUT2D eigenvalue weighted by Gasteiger charge is -2.14. The minimum Gasteiger partial charge on any atom is -0.497 e. The molecule has 1 aromatic carbocycles. The molecule has 2 N–H and O–H groups in total. The van der Waals surface area contributed by atoms with Crippen LogP contribution in [0.15, 0.2) is 36.7 Å². The molecule has 0 saturated heterocycles. The SMILES string of the molecule is COc1ccc(OCc2cncc(F)c2)c(CC(C)N)c1. The summed E-state index contributed by atoms with van der Waals surface area (Å²) in [7, 11) is 1.62. The number of ether oxygens (including phenoxy) is 2. The Hall–Kier alpha value is -2.14. The van der Waals surface area contributed by atoms with Crippen molar-refractivity contribution in [2.45, 2.75) is 26.0 Å². The normalized spacial score (nSPS) is 12.0. The van der Waals surface area contributed by atoms with Gasteiger partial charge in [0.1, 0.15) is 23.9 Å². The summed E-state index contributed by atoms with van der Waals surface area (Å²) >= 11 is 0. The van der Waals surface area contributed by atoms with Crippen LogP contribution in [0.4, 0.5) is 4.39 Å². The van der Waals surface area contributed by atoms with Crippen LogP contribution in [0.2, 0.25) is 0 Å². The highest BCUT2D eigenvalue weighted by molar-refractivity contribution is 5.41. The molecular weight excluding hydrogens is 271 g/mol. The second-order valence-corrected chi connectivity index (χ2v) is 4.96. The smallest absolute Gasteiger partial charge is 0.141 e. The Kier molecular flexibility index (Phi) is 5.11. The number of nitrogens with two attached hydrogens (primary N) is 1. The first-order valence-electron chi connectivity index (χ1n) is 6.73. The number of hydrogen-bond donors (Lipinski definition) is 1. The summed E-state index contributed by atoms with van der Waals surface area (Å²) < 4.78 is 24.1. The number of aromatic nitrogens is 1. The van der Waals surface area contributed by atoms with Crippen molar-refractivity contribution in [3.63, 3.8) is 0 Å². The third-order valence-corrected chi connectivity index (χ3v) is 2.97. The van der Waals surface area contributed by atoms with Crippen molar-refractivity contribution < 1.29 is 13.9 Å². The van der Waals surface area contributed by atoms with Crippen LogP contribution in [0, 0.1) is 5.82 Å². The summed E-state index contributed by atoms with van der Waals surface area (Å²) in [5.41, 5.74) is 7.50. The van der Waals surface area contributed by atoms with E-state index >= 15 is 0 Å². The molecule has 0 aliphatic carbocycles. The minimum absolute atomic E-state index is 0.00953. The third kappa shape index (κ3) is 4.43. The molecule has 1 atom stereocenters. The van der Waals surface area contributed by atoms with Gasteiger partial charge < -0.3 is 15.2 Å². The van der Waals surface area contributed by atoms with E-state index in [1.165, 1.54) is 12.3 Å². The number of halogens is 1. The molecule has 2 aromatic rings.